The molecule has 0 aliphatic carbocycles. The van der Waals surface area contributed by atoms with E-state index >= 15 is 0 Å². The number of benzene rings is 1. The Balaban J connectivity index is 2.78. The molecule has 1 amide bonds. The van der Waals surface area contributed by atoms with Crippen LogP contribution in [0.5, 0.6) is 0 Å². The van der Waals surface area contributed by atoms with Gasteiger partial charge >= 0.3 is 0 Å². The van der Waals surface area contributed by atoms with E-state index in [2.05, 4.69) is 21.2 Å². The van der Waals surface area contributed by atoms with Crippen molar-refractivity contribution in [1.82, 2.24) is 0 Å². The topological polar surface area (TPSA) is 55.1 Å². The van der Waals surface area contributed by atoms with Gasteiger partial charge in [0.1, 0.15) is 0 Å². The summed E-state index contributed by atoms with van der Waals surface area (Å²) in [6, 6.07) is 4.79. The molecule has 3 N–H and O–H groups in total. The molecular weight excluding hydrogens is 304 g/mol. The van der Waals surface area contributed by atoms with E-state index in [0.29, 0.717) is 15.2 Å². The number of halogens is 2. The molecule has 0 spiro atoms. The van der Waals surface area contributed by atoms with Crippen LogP contribution in [0.3, 0.4) is 0 Å². The van der Waals surface area contributed by atoms with Gasteiger partial charge in [0, 0.05) is 0 Å². The van der Waals surface area contributed by atoms with Crippen LogP contribution in [0.1, 0.15) is 20.3 Å². The lowest BCUT2D eigenvalue weighted by atomic mass is 9.99. The van der Waals surface area contributed by atoms with Gasteiger partial charge in [0.15, 0.2) is 0 Å². The first-order valence-corrected chi connectivity index (χ1v) is 6.65. The lowest BCUT2D eigenvalue weighted by Gasteiger charge is -2.18. The summed E-state index contributed by atoms with van der Waals surface area (Å²) in [5.41, 5.74) is 6.49. The van der Waals surface area contributed by atoms with Gasteiger partial charge in [0.25, 0.3) is 0 Å². The summed E-state index contributed by atoms with van der Waals surface area (Å²) in [7, 11) is 0. The highest BCUT2D eigenvalue weighted by Gasteiger charge is 2.20. The number of rotatable bonds is 4. The highest BCUT2D eigenvalue weighted by Crippen LogP contribution is 2.30. The standard InChI is InChI=1S/C12H16BrClN2O/c1-3-7(2)11(15)12(17)16-9-6-4-5-8(14)10(9)13/h4-7,11H,3,15H2,1-2H3,(H,16,17)/t7-,11-/m0/s1. The Morgan fingerprint density at radius 1 is 1.59 bits per heavy atom. The van der Waals surface area contributed by atoms with Crippen LogP contribution < -0.4 is 11.1 Å². The molecule has 0 bridgehead atoms. The average Bonchev–Trinajstić information content (AvgIpc) is 2.32. The number of carbonyl (C=O) groups is 1. The van der Waals surface area contributed by atoms with Gasteiger partial charge in [-0.1, -0.05) is 37.9 Å². The molecule has 0 unspecified atom stereocenters. The van der Waals surface area contributed by atoms with Crippen molar-refractivity contribution in [3.63, 3.8) is 0 Å². The second-order valence-electron chi connectivity index (χ2n) is 4.00. The van der Waals surface area contributed by atoms with Gasteiger partial charge in [-0.05, 0) is 34.0 Å². The minimum Gasteiger partial charge on any atom is -0.324 e. The maximum absolute atomic E-state index is 11.9. The summed E-state index contributed by atoms with van der Waals surface area (Å²) in [5, 5.41) is 3.33. The summed E-state index contributed by atoms with van der Waals surface area (Å²) in [5.74, 6) is -0.0460. The average molecular weight is 320 g/mol. The zero-order valence-corrected chi connectivity index (χ0v) is 12.2. The first-order valence-electron chi connectivity index (χ1n) is 5.47. The second-order valence-corrected chi connectivity index (χ2v) is 5.20. The van der Waals surface area contributed by atoms with E-state index in [1.165, 1.54) is 0 Å². The predicted octanol–water partition coefficient (Wildman–Crippen LogP) is 3.41. The molecule has 0 heterocycles. The fourth-order valence-electron chi connectivity index (χ4n) is 1.33. The number of amides is 1. The fraction of sp³-hybridized carbons (Fsp3) is 0.417. The Bertz CT molecular complexity index is 411. The van der Waals surface area contributed by atoms with Crippen LogP contribution >= 0.6 is 27.5 Å². The van der Waals surface area contributed by atoms with Crippen molar-refractivity contribution in [1.29, 1.82) is 0 Å². The first-order chi connectivity index (χ1) is 7.97. The molecule has 5 heteroatoms. The summed E-state index contributed by atoms with van der Waals surface area (Å²) >= 11 is 9.26. The number of anilines is 1. The molecule has 0 saturated heterocycles. The van der Waals surface area contributed by atoms with Crippen LogP contribution in [0.2, 0.25) is 5.02 Å². The van der Waals surface area contributed by atoms with Crippen LogP contribution in [0, 0.1) is 5.92 Å². The van der Waals surface area contributed by atoms with Gasteiger partial charge in [-0.15, -0.1) is 0 Å². The van der Waals surface area contributed by atoms with Crippen molar-refractivity contribution in [2.24, 2.45) is 11.7 Å². The Morgan fingerprint density at radius 2 is 2.24 bits per heavy atom. The molecule has 0 aliphatic rings. The Labute approximate surface area is 115 Å². The molecule has 94 valence electrons. The van der Waals surface area contributed by atoms with E-state index in [9.17, 15) is 4.79 Å². The predicted molar refractivity (Wildman–Crippen MR) is 75.2 cm³/mol. The maximum atomic E-state index is 11.9. The van der Waals surface area contributed by atoms with Gasteiger partial charge in [-0.25, -0.2) is 0 Å². The smallest absolute Gasteiger partial charge is 0.241 e. The van der Waals surface area contributed by atoms with Crippen LogP contribution in [0.15, 0.2) is 22.7 Å². The molecule has 0 aromatic heterocycles. The summed E-state index contributed by atoms with van der Waals surface area (Å²) < 4.78 is 0.673. The van der Waals surface area contributed by atoms with Crippen molar-refractivity contribution in [3.8, 4) is 0 Å². The van der Waals surface area contributed by atoms with Gasteiger partial charge in [-0.2, -0.15) is 0 Å². The molecule has 1 aromatic rings. The van der Waals surface area contributed by atoms with E-state index in [-0.39, 0.29) is 11.8 Å². The van der Waals surface area contributed by atoms with E-state index in [1.54, 1.807) is 18.2 Å². The molecule has 17 heavy (non-hydrogen) atoms. The number of hydrogen-bond donors (Lipinski definition) is 2. The molecule has 1 aromatic carbocycles. The Kier molecular flexibility index (Phi) is 5.43. The van der Waals surface area contributed by atoms with Crippen LogP contribution in [0.25, 0.3) is 0 Å². The highest BCUT2D eigenvalue weighted by atomic mass is 79.9. The second kappa shape index (κ2) is 6.38. The third kappa shape index (κ3) is 3.69. The summed E-state index contributed by atoms with van der Waals surface area (Å²) in [4.78, 5) is 11.9. The molecule has 3 nitrogen and oxygen atoms in total. The van der Waals surface area contributed by atoms with Crippen LogP contribution in [-0.4, -0.2) is 11.9 Å². The molecular formula is C12H16BrClN2O. The zero-order chi connectivity index (χ0) is 13.0. The van der Waals surface area contributed by atoms with Crippen molar-refractivity contribution < 1.29 is 4.79 Å². The third-order valence-electron chi connectivity index (χ3n) is 2.77. The minimum absolute atomic E-state index is 0.146. The zero-order valence-electron chi connectivity index (χ0n) is 9.84. The lowest BCUT2D eigenvalue weighted by Crippen LogP contribution is -2.40. The molecule has 2 atom stereocenters. The molecule has 1 rings (SSSR count). The summed E-state index contributed by atoms with van der Waals surface area (Å²) in [6.07, 6.45) is 0.866. The summed E-state index contributed by atoms with van der Waals surface area (Å²) in [6.45, 7) is 3.96. The van der Waals surface area contributed by atoms with Crippen molar-refractivity contribution in [2.45, 2.75) is 26.3 Å². The van der Waals surface area contributed by atoms with E-state index in [4.69, 9.17) is 17.3 Å². The number of hydrogen-bond acceptors (Lipinski definition) is 2. The molecule has 0 radical (unpaired) electrons. The lowest BCUT2D eigenvalue weighted by molar-refractivity contribution is -0.118. The quantitative estimate of drug-likeness (QED) is 0.893. The largest absolute Gasteiger partial charge is 0.324 e. The van der Waals surface area contributed by atoms with Crippen molar-refractivity contribution >= 4 is 39.1 Å². The molecule has 0 aliphatic heterocycles. The van der Waals surface area contributed by atoms with E-state index in [0.717, 1.165) is 6.42 Å². The van der Waals surface area contributed by atoms with Gasteiger partial charge in [-0.3, -0.25) is 4.79 Å². The Hall–Kier alpha value is -0.580. The number of nitrogens with two attached hydrogens (primary N) is 1. The van der Waals surface area contributed by atoms with Crippen molar-refractivity contribution in [2.75, 3.05) is 5.32 Å². The first kappa shape index (κ1) is 14.5. The molecule has 0 fully saturated rings. The van der Waals surface area contributed by atoms with E-state index < -0.39 is 6.04 Å². The Morgan fingerprint density at radius 3 is 2.82 bits per heavy atom. The van der Waals surface area contributed by atoms with E-state index in [1.807, 2.05) is 13.8 Å². The normalized spacial score (nSPS) is 14.2. The monoisotopic (exact) mass is 318 g/mol. The van der Waals surface area contributed by atoms with Gasteiger partial charge in [0.05, 0.1) is 21.2 Å². The number of nitrogens with one attached hydrogen (secondary N) is 1. The molecule has 0 saturated carbocycles. The highest BCUT2D eigenvalue weighted by molar-refractivity contribution is 9.10. The van der Waals surface area contributed by atoms with Gasteiger partial charge < -0.3 is 11.1 Å². The number of carbonyl (C=O) groups excluding carboxylic acids is 1. The van der Waals surface area contributed by atoms with Gasteiger partial charge in [0.2, 0.25) is 5.91 Å². The third-order valence-corrected chi connectivity index (χ3v) is 4.17. The van der Waals surface area contributed by atoms with Crippen LogP contribution in [0.4, 0.5) is 5.69 Å². The van der Waals surface area contributed by atoms with Crippen molar-refractivity contribution in [3.05, 3.63) is 27.7 Å². The maximum Gasteiger partial charge on any atom is 0.241 e. The fourth-order valence-corrected chi connectivity index (χ4v) is 1.87. The minimum atomic E-state index is -0.508. The SMILES string of the molecule is CC[C@H](C)[C@H](N)C(=O)Nc1cccc(Cl)c1Br. The van der Waals surface area contributed by atoms with Crippen LogP contribution in [-0.2, 0) is 4.79 Å².